The maximum atomic E-state index is 6.28. The zero-order chi connectivity index (χ0) is 38.2. The van der Waals surface area contributed by atoms with Gasteiger partial charge < -0.3 is 13.9 Å². The van der Waals surface area contributed by atoms with Crippen LogP contribution >= 0.6 is 11.3 Å². The minimum atomic E-state index is 0.883. The van der Waals surface area contributed by atoms with Crippen molar-refractivity contribution in [2.24, 2.45) is 0 Å². The number of benzene rings is 9. The Morgan fingerprint density at radius 2 is 1.05 bits per heavy atom. The van der Waals surface area contributed by atoms with Gasteiger partial charge in [-0.3, -0.25) is 0 Å². The quantitative estimate of drug-likeness (QED) is 0.168. The molecule has 0 aliphatic carbocycles. The topological polar surface area (TPSA) is 21.3 Å². The summed E-state index contributed by atoms with van der Waals surface area (Å²) in [6.07, 6.45) is 0. The zero-order valence-electron chi connectivity index (χ0n) is 31.3. The van der Waals surface area contributed by atoms with Gasteiger partial charge in [-0.2, -0.15) is 0 Å². The molecule has 12 aromatic rings. The van der Waals surface area contributed by atoms with Crippen molar-refractivity contribution in [3.8, 4) is 27.9 Å². The molecule has 0 saturated carbocycles. The van der Waals surface area contributed by atoms with Gasteiger partial charge in [0.25, 0.3) is 0 Å². The molecule has 0 spiro atoms. The lowest BCUT2D eigenvalue weighted by atomic mass is 9.98. The van der Waals surface area contributed by atoms with E-state index in [1.807, 2.05) is 23.5 Å². The molecular formula is C54H34N2OS. The van der Waals surface area contributed by atoms with Crippen LogP contribution in [0, 0.1) is 0 Å². The first-order valence-electron chi connectivity index (χ1n) is 19.7. The Morgan fingerprint density at radius 1 is 0.397 bits per heavy atom. The zero-order valence-corrected chi connectivity index (χ0v) is 32.2. The molecule has 0 N–H and O–H groups in total. The second-order valence-electron chi connectivity index (χ2n) is 14.9. The molecule has 0 fully saturated rings. The summed E-state index contributed by atoms with van der Waals surface area (Å²) >= 11 is 1.89. The van der Waals surface area contributed by atoms with Gasteiger partial charge in [0, 0.05) is 49.0 Å². The van der Waals surface area contributed by atoms with Gasteiger partial charge in [-0.25, -0.2) is 0 Å². The number of aromatic nitrogens is 1. The smallest absolute Gasteiger partial charge is 0.135 e. The van der Waals surface area contributed by atoms with Crippen LogP contribution in [0.25, 0.3) is 91.9 Å². The van der Waals surface area contributed by atoms with E-state index in [1.54, 1.807) is 0 Å². The van der Waals surface area contributed by atoms with Crippen molar-refractivity contribution in [1.82, 2.24) is 4.57 Å². The van der Waals surface area contributed by atoms with Gasteiger partial charge in [0.15, 0.2) is 0 Å². The van der Waals surface area contributed by atoms with E-state index in [4.69, 9.17) is 4.42 Å². The van der Waals surface area contributed by atoms with Crippen LogP contribution < -0.4 is 4.90 Å². The molecule has 12 rings (SSSR count). The van der Waals surface area contributed by atoms with Crippen molar-refractivity contribution in [3.05, 3.63) is 206 Å². The lowest BCUT2D eigenvalue weighted by Crippen LogP contribution is -2.10. The molecule has 0 saturated heterocycles. The van der Waals surface area contributed by atoms with Crippen LogP contribution in [0.4, 0.5) is 17.1 Å². The van der Waals surface area contributed by atoms with Gasteiger partial charge in [0.2, 0.25) is 0 Å². The fourth-order valence-electron chi connectivity index (χ4n) is 8.94. The highest BCUT2D eigenvalue weighted by Crippen LogP contribution is 2.47. The molecule has 0 aliphatic heterocycles. The van der Waals surface area contributed by atoms with E-state index in [-0.39, 0.29) is 0 Å². The number of hydrogen-bond donors (Lipinski definition) is 0. The Balaban J connectivity index is 1.03. The third-order valence-corrected chi connectivity index (χ3v) is 12.8. The van der Waals surface area contributed by atoms with E-state index in [9.17, 15) is 0 Å². The number of hydrogen-bond acceptors (Lipinski definition) is 3. The van der Waals surface area contributed by atoms with Crippen LogP contribution in [0.3, 0.4) is 0 Å². The summed E-state index contributed by atoms with van der Waals surface area (Å²) in [6.45, 7) is 0. The van der Waals surface area contributed by atoms with Crippen LogP contribution in [0.2, 0.25) is 0 Å². The Kier molecular flexibility index (Phi) is 7.40. The first-order chi connectivity index (χ1) is 28.8. The average molecular weight is 759 g/mol. The maximum Gasteiger partial charge on any atom is 0.135 e. The van der Waals surface area contributed by atoms with Gasteiger partial charge in [-0.15, -0.1) is 11.3 Å². The van der Waals surface area contributed by atoms with Gasteiger partial charge in [-0.05, 0) is 99.8 Å². The minimum absolute atomic E-state index is 0.883. The van der Waals surface area contributed by atoms with Crippen LogP contribution in [0.1, 0.15) is 0 Å². The summed E-state index contributed by atoms with van der Waals surface area (Å²) in [5, 5.41) is 7.25. The molecule has 0 radical (unpaired) electrons. The van der Waals surface area contributed by atoms with Crippen molar-refractivity contribution in [2.75, 3.05) is 4.90 Å². The molecule has 0 bridgehead atoms. The number of fused-ring (bicyclic) bond motifs is 9. The number of nitrogens with zero attached hydrogens (tertiary/aromatic N) is 2. The molecule has 0 unspecified atom stereocenters. The summed E-state index contributed by atoms with van der Waals surface area (Å²) in [4.78, 5) is 2.37. The van der Waals surface area contributed by atoms with Gasteiger partial charge in [0.1, 0.15) is 11.2 Å². The van der Waals surface area contributed by atoms with E-state index in [0.717, 1.165) is 39.0 Å². The van der Waals surface area contributed by atoms with Gasteiger partial charge in [-0.1, -0.05) is 140 Å². The highest BCUT2D eigenvalue weighted by molar-refractivity contribution is 7.27. The van der Waals surface area contributed by atoms with Crippen molar-refractivity contribution in [3.63, 3.8) is 0 Å². The molecule has 3 nitrogen and oxygen atoms in total. The normalized spacial score (nSPS) is 11.8. The predicted octanol–water partition coefficient (Wildman–Crippen LogP) is 15.9. The first-order valence-corrected chi connectivity index (χ1v) is 20.5. The largest absolute Gasteiger partial charge is 0.456 e. The monoisotopic (exact) mass is 758 g/mol. The Morgan fingerprint density at radius 3 is 1.95 bits per heavy atom. The van der Waals surface area contributed by atoms with Gasteiger partial charge >= 0.3 is 0 Å². The molecule has 9 aromatic carbocycles. The number of furan rings is 1. The average Bonchev–Trinajstić information content (AvgIpc) is 3.96. The fraction of sp³-hybridized carbons (Fsp3) is 0. The summed E-state index contributed by atoms with van der Waals surface area (Å²) in [7, 11) is 0. The van der Waals surface area contributed by atoms with Crippen molar-refractivity contribution in [1.29, 1.82) is 0 Å². The lowest BCUT2D eigenvalue weighted by molar-refractivity contribution is 0.669. The predicted molar refractivity (Wildman–Crippen MR) is 247 cm³/mol. The number of para-hydroxylation sites is 3. The summed E-state index contributed by atoms with van der Waals surface area (Å²) in [5.74, 6) is 0. The Bertz CT molecular complexity index is 3510. The first kappa shape index (κ1) is 32.8. The number of rotatable bonds is 6. The van der Waals surface area contributed by atoms with Crippen molar-refractivity contribution in [2.45, 2.75) is 0 Å². The summed E-state index contributed by atoms with van der Waals surface area (Å²) < 4.78 is 11.3. The van der Waals surface area contributed by atoms with Crippen LogP contribution in [0.5, 0.6) is 0 Å². The van der Waals surface area contributed by atoms with Gasteiger partial charge in [0.05, 0.1) is 15.7 Å². The van der Waals surface area contributed by atoms with E-state index in [0.29, 0.717) is 0 Å². The van der Waals surface area contributed by atoms with E-state index < -0.39 is 0 Å². The summed E-state index contributed by atoms with van der Waals surface area (Å²) in [5.41, 5.74) is 13.5. The minimum Gasteiger partial charge on any atom is -0.456 e. The third-order valence-electron chi connectivity index (χ3n) is 11.6. The Labute approximate surface area is 338 Å². The van der Waals surface area contributed by atoms with E-state index >= 15 is 0 Å². The molecule has 272 valence electrons. The molecule has 0 atom stereocenters. The molecule has 4 heteroatoms. The molecular weight excluding hydrogens is 725 g/mol. The Hall–Kier alpha value is -7.40. The fourth-order valence-corrected chi connectivity index (χ4v) is 10.3. The van der Waals surface area contributed by atoms with Crippen LogP contribution in [-0.2, 0) is 0 Å². The van der Waals surface area contributed by atoms with E-state index in [2.05, 4.69) is 204 Å². The van der Waals surface area contributed by atoms with Crippen LogP contribution in [0.15, 0.2) is 211 Å². The number of thiophene rings is 1. The molecule has 3 aromatic heterocycles. The van der Waals surface area contributed by atoms with E-state index in [1.165, 1.54) is 69.9 Å². The molecule has 58 heavy (non-hydrogen) atoms. The second-order valence-corrected chi connectivity index (χ2v) is 15.9. The highest BCUT2D eigenvalue weighted by atomic mass is 32.1. The lowest BCUT2D eigenvalue weighted by Gasteiger charge is -2.26. The highest BCUT2D eigenvalue weighted by Gasteiger charge is 2.21. The van der Waals surface area contributed by atoms with Crippen molar-refractivity contribution >= 4 is 92.3 Å². The molecule has 0 amide bonds. The molecule has 0 aliphatic rings. The second kappa shape index (κ2) is 13.1. The van der Waals surface area contributed by atoms with Crippen molar-refractivity contribution < 1.29 is 4.42 Å². The summed E-state index contributed by atoms with van der Waals surface area (Å²) in [6, 6.07) is 74.3. The third kappa shape index (κ3) is 5.12. The van der Waals surface area contributed by atoms with Crippen LogP contribution in [-0.4, -0.2) is 4.57 Å². The standard InChI is InChI=1S/C54H34N2OS/c1-2-16-38(17-3-1)56-49-25-8-6-21-46(49)54-52(56)47-24-12-23-44(53(47)58-54)37-15-10-18-40(33-37)55(41-31-32-51-48(34-41)45-20-7-9-26-50(45)57-51)39-29-27-36(28-30-39)43-22-11-14-35-13-4-5-19-42(35)43/h1-34H. The SMILES string of the molecule is c1ccc(-n2c3ccccc3c3sc4c(-c5cccc(N(c6ccc(-c7cccc8ccccc78)cc6)c6ccc7oc8ccccc8c7c6)c5)cccc4c32)cc1. The molecule has 3 heterocycles. The maximum absolute atomic E-state index is 6.28. The number of anilines is 3.